The van der Waals surface area contributed by atoms with Crippen molar-refractivity contribution in [1.29, 1.82) is 0 Å². The normalized spacial score (nSPS) is 11.2. The molecular formula is C14H23NO2. The van der Waals surface area contributed by atoms with Crippen molar-refractivity contribution in [2.24, 2.45) is 0 Å². The molecule has 0 bridgehead atoms. The first kappa shape index (κ1) is 13.8. The number of hydrogen-bond acceptors (Lipinski definition) is 3. The second kappa shape index (κ2) is 6.50. The van der Waals surface area contributed by atoms with Crippen LogP contribution in [0.15, 0.2) is 18.2 Å². The predicted molar refractivity (Wildman–Crippen MR) is 70.5 cm³/mol. The van der Waals surface area contributed by atoms with Crippen LogP contribution in [0.2, 0.25) is 0 Å². The van der Waals surface area contributed by atoms with E-state index in [1.165, 1.54) is 0 Å². The highest BCUT2D eigenvalue weighted by Crippen LogP contribution is 2.27. The van der Waals surface area contributed by atoms with Gasteiger partial charge in [0.25, 0.3) is 0 Å². The van der Waals surface area contributed by atoms with E-state index < -0.39 is 0 Å². The van der Waals surface area contributed by atoms with Gasteiger partial charge in [0, 0.05) is 12.6 Å². The van der Waals surface area contributed by atoms with Crippen LogP contribution < -0.4 is 4.74 Å². The molecule has 1 N–H and O–H groups in total. The molecule has 0 aliphatic carbocycles. The Morgan fingerprint density at radius 1 is 1.29 bits per heavy atom. The summed E-state index contributed by atoms with van der Waals surface area (Å²) < 4.78 is 5.11. The Balaban J connectivity index is 2.74. The molecule has 0 atom stereocenters. The van der Waals surface area contributed by atoms with Crippen LogP contribution in [-0.2, 0) is 6.54 Å². The second-order valence-corrected chi connectivity index (χ2v) is 4.39. The molecule has 1 rings (SSSR count). The van der Waals surface area contributed by atoms with Gasteiger partial charge in [-0.05, 0) is 37.6 Å². The van der Waals surface area contributed by atoms with Crippen LogP contribution >= 0.6 is 0 Å². The van der Waals surface area contributed by atoms with Crippen molar-refractivity contribution in [1.82, 2.24) is 4.90 Å². The maximum absolute atomic E-state index is 9.53. The minimum absolute atomic E-state index is 0.196. The smallest absolute Gasteiger partial charge is 0.160 e. The summed E-state index contributed by atoms with van der Waals surface area (Å²) in [6.07, 6.45) is 2.31. The average molecular weight is 237 g/mol. The van der Waals surface area contributed by atoms with E-state index in [0.29, 0.717) is 11.8 Å². The van der Waals surface area contributed by atoms with Gasteiger partial charge in [-0.3, -0.25) is 4.90 Å². The first-order valence-electron chi connectivity index (χ1n) is 6.18. The zero-order valence-electron chi connectivity index (χ0n) is 11.2. The van der Waals surface area contributed by atoms with Crippen LogP contribution in [0.4, 0.5) is 0 Å². The van der Waals surface area contributed by atoms with Gasteiger partial charge in [0.05, 0.1) is 7.11 Å². The van der Waals surface area contributed by atoms with E-state index >= 15 is 0 Å². The zero-order chi connectivity index (χ0) is 12.8. The lowest BCUT2D eigenvalue weighted by Gasteiger charge is -2.26. The number of rotatable bonds is 6. The minimum Gasteiger partial charge on any atom is -0.504 e. The van der Waals surface area contributed by atoms with Crippen molar-refractivity contribution in [3.8, 4) is 11.5 Å². The number of nitrogens with zero attached hydrogens (tertiary/aromatic N) is 1. The van der Waals surface area contributed by atoms with Gasteiger partial charge in [-0.15, -0.1) is 0 Å². The van der Waals surface area contributed by atoms with Crippen LogP contribution in [0.1, 0.15) is 32.3 Å². The van der Waals surface area contributed by atoms with Crippen molar-refractivity contribution < 1.29 is 9.84 Å². The van der Waals surface area contributed by atoms with Crippen LogP contribution in [0, 0.1) is 0 Å². The monoisotopic (exact) mass is 237 g/mol. The number of hydrogen-bond donors (Lipinski definition) is 1. The molecule has 1 aromatic carbocycles. The second-order valence-electron chi connectivity index (χ2n) is 4.39. The van der Waals surface area contributed by atoms with E-state index in [4.69, 9.17) is 4.74 Å². The lowest BCUT2D eigenvalue weighted by atomic mass is 10.1. The van der Waals surface area contributed by atoms with E-state index in [1.807, 2.05) is 12.1 Å². The Labute approximate surface area is 104 Å². The number of methoxy groups -OCH3 is 1. The zero-order valence-corrected chi connectivity index (χ0v) is 11.2. The maximum atomic E-state index is 9.53. The molecule has 0 heterocycles. The van der Waals surface area contributed by atoms with Crippen LogP contribution in [0.25, 0.3) is 0 Å². The Hall–Kier alpha value is -1.22. The summed E-state index contributed by atoms with van der Waals surface area (Å²) in [6.45, 7) is 5.30. The third-order valence-electron chi connectivity index (χ3n) is 3.24. The summed E-state index contributed by atoms with van der Waals surface area (Å²) in [6, 6.07) is 6.13. The number of aromatic hydroxyl groups is 1. The molecule has 96 valence electrons. The van der Waals surface area contributed by atoms with E-state index in [9.17, 15) is 5.11 Å². The minimum atomic E-state index is 0.196. The molecule has 17 heavy (non-hydrogen) atoms. The molecule has 1 aromatic rings. The third-order valence-corrected chi connectivity index (χ3v) is 3.24. The highest BCUT2D eigenvalue weighted by atomic mass is 16.5. The summed E-state index contributed by atoms with van der Waals surface area (Å²) in [5, 5.41) is 9.53. The average Bonchev–Trinajstić information content (AvgIpc) is 2.33. The fraction of sp³-hybridized carbons (Fsp3) is 0.571. The molecular weight excluding hydrogens is 214 g/mol. The van der Waals surface area contributed by atoms with E-state index in [2.05, 4.69) is 25.8 Å². The summed E-state index contributed by atoms with van der Waals surface area (Å²) in [5.74, 6) is 0.738. The fourth-order valence-electron chi connectivity index (χ4n) is 2.15. The van der Waals surface area contributed by atoms with Crippen LogP contribution in [0.5, 0.6) is 11.5 Å². The molecule has 0 aromatic heterocycles. The lowest BCUT2D eigenvalue weighted by Crippen LogP contribution is -2.29. The van der Waals surface area contributed by atoms with Crippen LogP contribution in [0.3, 0.4) is 0 Å². The fourth-order valence-corrected chi connectivity index (χ4v) is 2.15. The quantitative estimate of drug-likeness (QED) is 0.825. The first-order valence-corrected chi connectivity index (χ1v) is 6.18. The predicted octanol–water partition coefficient (Wildman–Crippen LogP) is 3.02. The third kappa shape index (κ3) is 3.63. The lowest BCUT2D eigenvalue weighted by molar-refractivity contribution is 0.221. The van der Waals surface area contributed by atoms with Gasteiger partial charge in [0.2, 0.25) is 0 Å². The molecule has 0 spiro atoms. The maximum Gasteiger partial charge on any atom is 0.160 e. The summed E-state index contributed by atoms with van der Waals surface area (Å²) >= 11 is 0. The summed E-state index contributed by atoms with van der Waals surface area (Å²) in [5.41, 5.74) is 1.16. The Bertz CT molecular complexity index is 348. The molecule has 3 heteroatoms. The number of phenols is 1. The summed E-state index contributed by atoms with van der Waals surface area (Å²) in [4.78, 5) is 2.34. The number of ether oxygens (including phenoxy) is 1. The molecule has 3 nitrogen and oxygen atoms in total. The van der Waals surface area contributed by atoms with E-state index in [1.54, 1.807) is 13.2 Å². The first-order chi connectivity index (χ1) is 8.12. The summed E-state index contributed by atoms with van der Waals surface area (Å²) in [7, 11) is 3.71. The highest BCUT2D eigenvalue weighted by molar-refractivity contribution is 5.41. The molecule has 0 amide bonds. The molecule has 0 radical (unpaired) electrons. The SMILES string of the molecule is CCC(CC)N(C)Cc1ccc(O)c(OC)c1. The van der Waals surface area contributed by atoms with Gasteiger partial charge in [0.1, 0.15) is 0 Å². The van der Waals surface area contributed by atoms with Crippen LogP contribution in [-0.4, -0.2) is 30.2 Å². The number of phenolic OH excluding ortho intramolecular Hbond substituents is 1. The van der Waals surface area contributed by atoms with E-state index in [-0.39, 0.29) is 5.75 Å². The van der Waals surface area contributed by atoms with Crippen molar-refractivity contribution >= 4 is 0 Å². The van der Waals surface area contributed by atoms with Gasteiger partial charge in [-0.2, -0.15) is 0 Å². The van der Waals surface area contributed by atoms with Gasteiger partial charge in [0.15, 0.2) is 11.5 Å². The van der Waals surface area contributed by atoms with Crippen molar-refractivity contribution in [3.63, 3.8) is 0 Å². The molecule has 0 saturated carbocycles. The van der Waals surface area contributed by atoms with Gasteiger partial charge in [-0.25, -0.2) is 0 Å². The topological polar surface area (TPSA) is 32.7 Å². The van der Waals surface area contributed by atoms with E-state index in [0.717, 1.165) is 24.9 Å². The van der Waals surface area contributed by atoms with Gasteiger partial charge >= 0.3 is 0 Å². The molecule has 0 unspecified atom stereocenters. The van der Waals surface area contributed by atoms with Crippen molar-refractivity contribution in [3.05, 3.63) is 23.8 Å². The van der Waals surface area contributed by atoms with Gasteiger partial charge < -0.3 is 9.84 Å². The highest BCUT2D eigenvalue weighted by Gasteiger charge is 2.11. The Morgan fingerprint density at radius 3 is 2.47 bits per heavy atom. The molecule has 0 fully saturated rings. The van der Waals surface area contributed by atoms with Crippen molar-refractivity contribution in [2.75, 3.05) is 14.2 Å². The molecule has 0 aliphatic rings. The standard InChI is InChI=1S/C14H23NO2/c1-5-12(6-2)15(3)10-11-7-8-13(16)14(9-11)17-4/h7-9,12,16H,5-6,10H2,1-4H3. The number of benzene rings is 1. The largest absolute Gasteiger partial charge is 0.504 e. The van der Waals surface area contributed by atoms with Crippen molar-refractivity contribution in [2.45, 2.75) is 39.3 Å². The molecule has 0 saturated heterocycles. The Morgan fingerprint density at radius 2 is 1.94 bits per heavy atom. The van der Waals surface area contributed by atoms with Gasteiger partial charge in [-0.1, -0.05) is 19.9 Å². The molecule has 0 aliphatic heterocycles. The Kier molecular flexibility index (Phi) is 5.29.